The van der Waals surface area contributed by atoms with Crippen LogP contribution in [-0.2, 0) is 4.74 Å². The van der Waals surface area contributed by atoms with E-state index < -0.39 is 5.60 Å². The van der Waals surface area contributed by atoms with Crippen molar-refractivity contribution >= 4 is 0 Å². The predicted molar refractivity (Wildman–Crippen MR) is 51.5 cm³/mol. The number of ether oxygens (including phenoxy) is 1. The van der Waals surface area contributed by atoms with Crippen LogP contribution in [0.1, 0.15) is 46.0 Å². The Morgan fingerprint density at radius 3 is 2.23 bits per heavy atom. The third-order valence-corrected chi connectivity index (χ3v) is 3.17. The molecule has 1 heterocycles. The van der Waals surface area contributed by atoms with Gasteiger partial charge in [-0.05, 0) is 26.2 Å². The predicted octanol–water partition coefficient (Wildman–Crippen LogP) is 2.10. The van der Waals surface area contributed by atoms with Crippen molar-refractivity contribution < 1.29 is 9.84 Å². The zero-order chi connectivity index (χ0) is 9.47. The molecule has 0 radical (unpaired) electrons. The molecule has 1 saturated carbocycles. The fourth-order valence-corrected chi connectivity index (χ4v) is 2.67. The average Bonchev–Trinajstić information content (AvgIpc) is 2.66. The smallest absolute Gasteiger partial charge is 0.0699 e. The highest BCUT2D eigenvalue weighted by atomic mass is 16.5. The van der Waals surface area contributed by atoms with Crippen molar-refractivity contribution in [1.29, 1.82) is 0 Å². The number of rotatable bonds is 2. The van der Waals surface area contributed by atoms with Crippen molar-refractivity contribution in [2.24, 2.45) is 5.92 Å². The van der Waals surface area contributed by atoms with Gasteiger partial charge in [0.15, 0.2) is 0 Å². The molecule has 1 N–H and O–H groups in total. The molecule has 0 bridgehead atoms. The number of aliphatic hydroxyl groups is 1. The summed E-state index contributed by atoms with van der Waals surface area (Å²) in [5.74, 6) is 0.808. The molecule has 2 nitrogen and oxygen atoms in total. The van der Waals surface area contributed by atoms with Crippen molar-refractivity contribution in [3.05, 3.63) is 0 Å². The molecule has 13 heavy (non-hydrogen) atoms. The van der Waals surface area contributed by atoms with Crippen molar-refractivity contribution in [3.8, 4) is 0 Å². The van der Waals surface area contributed by atoms with Crippen LogP contribution in [0, 0.1) is 5.92 Å². The summed E-state index contributed by atoms with van der Waals surface area (Å²) in [5, 5.41) is 10.3. The Hall–Kier alpha value is -0.0800. The summed E-state index contributed by atoms with van der Waals surface area (Å²) in [6.07, 6.45) is 5.77. The van der Waals surface area contributed by atoms with Gasteiger partial charge in [0.1, 0.15) is 0 Å². The maximum absolute atomic E-state index is 10.3. The lowest BCUT2D eigenvalue weighted by Crippen LogP contribution is -2.43. The van der Waals surface area contributed by atoms with Crippen LogP contribution in [0.15, 0.2) is 0 Å². The van der Waals surface area contributed by atoms with Gasteiger partial charge in [-0.1, -0.05) is 12.8 Å². The third kappa shape index (κ3) is 2.44. The quantitative estimate of drug-likeness (QED) is 0.712. The van der Waals surface area contributed by atoms with Gasteiger partial charge in [0.2, 0.25) is 0 Å². The maximum atomic E-state index is 10.3. The van der Waals surface area contributed by atoms with E-state index in [1.807, 2.05) is 0 Å². The van der Waals surface area contributed by atoms with E-state index in [1.165, 1.54) is 12.8 Å². The molecule has 76 valence electrons. The molecule has 0 amide bonds. The molecule has 2 unspecified atom stereocenters. The zero-order valence-corrected chi connectivity index (χ0v) is 8.62. The van der Waals surface area contributed by atoms with Crippen LogP contribution >= 0.6 is 0 Å². The van der Waals surface area contributed by atoms with E-state index in [-0.39, 0.29) is 12.2 Å². The van der Waals surface area contributed by atoms with Crippen molar-refractivity contribution in [3.63, 3.8) is 0 Å². The molecule has 0 aromatic rings. The fraction of sp³-hybridized carbons (Fsp3) is 1.00. The van der Waals surface area contributed by atoms with E-state index in [0.717, 1.165) is 25.2 Å². The van der Waals surface area contributed by atoms with E-state index >= 15 is 0 Å². The minimum Gasteiger partial charge on any atom is -0.390 e. The molecule has 2 fully saturated rings. The second-order valence-corrected chi connectivity index (χ2v) is 5.04. The lowest BCUT2D eigenvalue weighted by Gasteiger charge is -2.39. The van der Waals surface area contributed by atoms with Crippen LogP contribution < -0.4 is 0 Å². The molecule has 1 aliphatic heterocycles. The number of hydrogen-bond acceptors (Lipinski definition) is 2. The van der Waals surface area contributed by atoms with E-state index in [2.05, 4.69) is 13.8 Å². The molecule has 0 aromatic heterocycles. The van der Waals surface area contributed by atoms with Gasteiger partial charge in [0, 0.05) is 12.8 Å². The zero-order valence-electron chi connectivity index (χ0n) is 8.62. The first-order valence-electron chi connectivity index (χ1n) is 5.45. The average molecular weight is 184 g/mol. The second-order valence-electron chi connectivity index (χ2n) is 5.04. The lowest BCUT2D eigenvalue weighted by molar-refractivity contribution is -0.136. The van der Waals surface area contributed by atoms with Crippen LogP contribution in [0.2, 0.25) is 0 Å². The molecule has 0 spiro atoms. The van der Waals surface area contributed by atoms with Gasteiger partial charge in [-0.3, -0.25) is 0 Å². The highest BCUT2D eigenvalue weighted by molar-refractivity contribution is 4.92. The minimum absolute atomic E-state index is 0.229. The third-order valence-electron chi connectivity index (χ3n) is 3.17. The van der Waals surface area contributed by atoms with Crippen LogP contribution in [0.3, 0.4) is 0 Å². The van der Waals surface area contributed by atoms with E-state index in [4.69, 9.17) is 4.74 Å². The monoisotopic (exact) mass is 184 g/mol. The molecule has 2 rings (SSSR count). The lowest BCUT2D eigenvalue weighted by atomic mass is 9.83. The van der Waals surface area contributed by atoms with Crippen LogP contribution in [0.5, 0.6) is 0 Å². The second kappa shape index (κ2) is 3.25. The fourth-order valence-electron chi connectivity index (χ4n) is 2.67. The van der Waals surface area contributed by atoms with Crippen LogP contribution in [0.4, 0.5) is 0 Å². The Balaban J connectivity index is 1.94. The molecule has 2 heteroatoms. The molecular formula is C11H20O2. The van der Waals surface area contributed by atoms with Crippen LogP contribution in [0.25, 0.3) is 0 Å². The van der Waals surface area contributed by atoms with Crippen molar-refractivity contribution in [1.82, 2.24) is 0 Å². The van der Waals surface area contributed by atoms with Gasteiger partial charge in [0.25, 0.3) is 0 Å². The molecule has 1 aliphatic carbocycles. The highest BCUT2D eigenvalue weighted by Crippen LogP contribution is 2.42. The maximum Gasteiger partial charge on any atom is 0.0699 e. The summed E-state index contributed by atoms with van der Waals surface area (Å²) in [5.41, 5.74) is -0.418. The standard InChI is InChI=1S/C11H20O2/c1-8-5-11(12,6-9(2)13-8)7-10-3-4-10/h8-10,12H,3-7H2,1-2H3. The Morgan fingerprint density at radius 1 is 1.23 bits per heavy atom. The summed E-state index contributed by atoms with van der Waals surface area (Å²) in [7, 11) is 0. The largest absolute Gasteiger partial charge is 0.390 e. The number of hydrogen-bond donors (Lipinski definition) is 1. The van der Waals surface area contributed by atoms with E-state index in [9.17, 15) is 5.11 Å². The molecule has 1 saturated heterocycles. The van der Waals surface area contributed by atoms with Gasteiger partial charge in [-0.25, -0.2) is 0 Å². The summed E-state index contributed by atoms with van der Waals surface area (Å²) < 4.78 is 5.62. The summed E-state index contributed by atoms with van der Waals surface area (Å²) >= 11 is 0. The molecule has 2 atom stereocenters. The van der Waals surface area contributed by atoms with E-state index in [0.29, 0.717) is 0 Å². The van der Waals surface area contributed by atoms with Gasteiger partial charge in [0.05, 0.1) is 17.8 Å². The summed E-state index contributed by atoms with van der Waals surface area (Å²) in [6, 6.07) is 0. The van der Waals surface area contributed by atoms with Crippen molar-refractivity contribution in [2.45, 2.75) is 63.8 Å². The molecule has 0 aromatic carbocycles. The Labute approximate surface area is 80.3 Å². The normalized spacial score (nSPS) is 46.4. The first-order valence-corrected chi connectivity index (χ1v) is 5.45. The first-order chi connectivity index (χ1) is 6.07. The highest BCUT2D eigenvalue weighted by Gasteiger charge is 2.40. The van der Waals surface area contributed by atoms with Gasteiger partial charge >= 0.3 is 0 Å². The Bertz CT molecular complexity index is 171. The van der Waals surface area contributed by atoms with Gasteiger partial charge in [-0.2, -0.15) is 0 Å². The SMILES string of the molecule is CC1CC(O)(CC2CC2)CC(C)O1. The molecule has 2 aliphatic rings. The van der Waals surface area contributed by atoms with Crippen molar-refractivity contribution in [2.75, 3.05) is 0 Å². The minimum atomic E-state index is -0.418. The Kier molecular flexibility index (Phi) is 2.37. The van der Waals surface area contributed by atoms with Gasteiger partial charge < -0.3 is 9.84 Å². The van der Waals surface area contributed by atoms with Gasteiger partial charge in [-0.15, -0.1) is 0 Å². The topological polar surface area (TPSA) is 29.5 Å². The Morgan fingerprint density at radius 2 is 1.77 bits per heavy atom. The summed E-state index contributed by atoms with van der Waals surface area (Å²) in [6.45, 7) is 4.13. The van der Waals surface area contributed by atoms with Crippen LogP contribution in [-0.4, -0.2) is 22.9 Å². The van der Waals surface area contributed by atoms with E-state index in [1.54, 1.807) is 0 Å². The summed E-state index contributed by atoms with van der Waals surface area (Å²) in [4.78, 5) is 0. The first kappa shape index (κ1) is 9.47. The molecular weight excluding hydrogens is 164 g/mol.